The highest BCUT2D eigenvalue weighted by atomic mass is 32.2. The number of nitrogens with one attached hydrogen (secondary N) is 1. The van der Waals surface area contributed by atoms with Crippen molar-refractivity contribution in [2.24, 2.45) is 5.92 Å². The lowest BCUT2D eigenvalue weighted by molar-refractivity contribution is 0.476. The van der Waals surface area contributed by atoms with Crippen LogP contribution in [0.15, 0.2) is 29.2 Å². The van der Waals surface area contributed by atoms with Gasteiger partial charge in [-0.1, -0.05) is 39.8 Å². The summed E-state index contributed by atoms with van der Waals surface area (Å²) in [6, 6.07) is 7.02. The summed E-state index contributed by atoms with van der Waals surface area (Å²) in [5.41, 5.74) is 1.14. The standard InChI is InChI=1S/C14H23NO2S/c1-10(2)12(5)15-18(16,17)14-8-6-13(7-9-14)11(3)4/h6-12,15H,1-5H3. The molecule has 0 bridgehead atoms. The van der Waals surface area contributed by atoms with E-state index in [4.69, 9.17) is 0 Å². The summed E-state index contributed by atoms with van der Waals surface area (Å²) in [7, 11) is -3.40. The minimum Gasteiger partial charge on any atom is -0.208 e. The zero-order valence-electron chi connectivity index (χ0n) is 11.8. The van der Waals surface area contributed by atoms with Gasteiger partial charge in [0.1, 0.15) is 0 Å². The van der Waals surface area contributed by atoms with E-state index < -0.39 is 10.0 Å². The molecule has 1 aromatic carbocycles. The van der Waals surface area contributed by atoms with E-state index in [1.807, 2.05) is 32.9 Å². The Kier molecular flexibility index (Phi) is 4.93. The molecule has 0 aliphatic rings. The molecule has 102 valence electrons. The number of hydrogen-bond donors (Lipinski definition) is 1. The molecule has 0 radical (unpaired) electrons. The summed E-state index contributed by atoms with van der Waals surface area (Å²) in [6.45, 7) is 10.0. The van der Waals surface area contributed by atoms with Crippen LogP contribution in [0.5, 0.6) is 0 Å². The van der Waals surface area contributed by atoms with Crippen molar-refractivity contribution >= 4 is 10.0 Å². The minimum absolute atomic E-state index is 0.0697. The number of rotatable bonds is 5. The first-order valence-corrected chi connectivity index (χ1v) is 7.84. The highest BCUT2D eigenvalue weighted by Crippen LogP contribution is 2.17. The summed E-state index contributed by atoms with van der Waals surface area (Å²) in [5, 5.41) is 0. The highest BCUT2D eigenvalue weighted by molar-refractivity contribution is 7.89. The predicted molar refractivity (Wildman–Crippen MR) is 75.2 cm³/mol. The zero-order valence-corrected chi connectivity index (χ0v) is 12.6. The molecular weight excluding hydrogens is 246 g/mol. The van der Waals surface area contributed by atoms with Crippen molar-refractivity contribution < 1.29 is 8.42 Å². The Hall–Kier alpha value is -0.870. The molecule has 18 heavy (non-hydrogen) atoms. The molecule has 0 fully saturated rings. The summed E-state index contributed by atoms with van der Waals surface area (Å²) in [5.74, 6) is 0.680. The van der Waals surface area contributed by atoms with E-state index in [-0.39, 0.29) is 12.0 Å². The van der Waals surface area contributed by atoms with Crippen LogP contribution in [0.4, 0.5) is 0 Å². The average Bonchev–Trinajstić information content (AvgIpc) is 2.28. The summed E-state index contributed by atoms with van der Waals surface area (Å²) >= 11 is 0. The van der Waals surface area contributed by atoms with E-state index in [1.54, 1.807) is 12.1 Å². The SMILES string of the molecule is CC(C)c1ccc(S(=O)(=O)NC(C)C(C)C)cc1. The van der Waals surface area contributed by atoms with Crippen molar-refractivity contribution in [3.63, 3.8) is 0 Å². The molecule has 0 amide bonds. The van der Waals surface area contributed by atoms with Crippen LogP contribution in [0.25, 0.3) is 0 Å². The van der Waals surface area contributed by atoms with Gasteiger partial charge >= 0.3 is 0 Å². The van der Waals surface area contributed by atoms with Gasteiger partial charge in [0.05, 0.1) is 4.90 Å². The Morgan fingerprint density at radius 3 is 1.83 bits per heavy atom. The van der Waals surface area contributed by atoms with Crippen LogP contribution in [-0.2, 0) is 10.0 Å². The molecule has 0 aliphatic carbocycles. The number of sulfonamides is 1. The van der Waals surface area contributed by atoms with Gasteiger partial charge in [-0.05, 0) is 36.5 Å². The van der Waals surface area contributed by atoms with Crippen molar-refractivity contribution in [1.29, 1.82) is 0 Å². The Bertz CT molecular complexity index is 475. The number of hydrogen-bond acceptors (Lipinski definition) is 2. The first-order valence-electron chi connectivity index (χ1n) is 6.36. The lowest BCUT2D eigenvalue weighted by atomic mass is 10.0. The van der Waals surface area contributed by atoms with Gasteiger partial charge in [-0.2, -0.15) is 0 Å². The van der Waals surface area contributed by atoms with E-state index in [9.17, 15) is 8.42 Å². The molecule has 3 nitrogen and oxygen atoms in total. The van der Waals surface area contributed by atoms with Crippen molar-refractivity contribution in [2.75, 3.05) is 0 Å². The predicted octanol–water partition coefficient (Wildman–Crippen LogP) is 3.13. The van der Waals surface area contributed by atoms with E-state index >= 15 is 0 Å². The first-order chi connectivity index (χ1) is 8.24. The zero-order chi connectivity index (χ0) is 13.9. The summed E-state index contributed by atoms with van der Waals surface area (Å²) < 4.78 is 26.9. The van der Waals surface area contributed by atoms with Crippen LogP contribution in [-0.4, -0.2) is 14.5 Å². The molecule has 0 spiro atoms. The van der Waals surface area contributed by atoms with Crippen LogP contribution in [0, 0.1) is 5.92 Å². The summed E-state index contributed by atoms with van der Waals surface area (Å²) in [4.78, 5) is 0.333. The molecule has 1 N–H and O–H groups in total. The van der Waals surface area contributed by atoms with Crippen molar-refractivity contribution in [2.45, 2.75) is 51.5 Å². The summed E-state index contributed by atoms with van der Waals surface area (Å²) in [6.07, 6.45) is 0. The quantitative estimate of drug-likeness (QED) is 0.892. The third-order valence-corrected chi connectivity index (χ3v) is 4.77. The Morgan fingerprint density at radius 2 is 1.44 bits per heavy atom. The fourth-order valence-electron chi connectivity index (χ4n) is 1.48. The second kappa shape index (κ2) is 5.85. The Balaban J connectivity index is 2.92. The van der Waals surface area contributed by atoms with E-state index in [0.717, 1.165) is 5.56 Å². The van der Waals surface area contributed by atoms with Gasteiger partial charge in [-0.15, -0.1) is 0 Å². The molecule has 4 heteroatoms. The van der Waals surface area contributed by atoms with Gasteiger partial charge in [0, 0.05) is 6.04 Å². The van der Waals surface area contributed by atoms with Gasteiger partial charge in [0.25, 0.3) is 0 Å². The molecule has 1 atom stereocenters. The van der Waals surface area contributed by atoms with Crippen LogP contribution in [0.2, 0.25) is 0 Å². The molecule has 1 aromatic rings. The second-order valence-electron chi connectivity index (χ2n) is 5.38. The molecular formula is C14H23NO2S. The Morgan fingerprint density at radius 1 is 0.944 bits per heavy atom. The molecule has 0 saturated heterocycles. The topological polar surface area (TPSA) is 46.2 Å². The van der Waals surface area contributed by atoms with Crippen LogP contribution in [0.1, 0.15) is 46.1 Å². The molecule has 0 heterocycles. The maximum absolute atomic E-state index is 12.1. The van der Waals surface area contributed by atoms with E-state index in [0.29, 0.717) is 10.8 Å². The third-order valence-electron chi connectivity index (χ3n) is 3.20. The van der Waals surface area contributed by atoms with Gasteiger partial charge in [0.15, 0.2) is 0 Å². The normalized spacial score (nSPS) is 14.2. The molecule has 1 rings (SSSR count). The maximum atomic E-state index is 12.1. The van der Waals surface area contributed by atoms with Crippen LogP contribution < -0.4 is 4.72 Å². The van der Waals surface area contributed by atoms with E-state index in [1.165, 1.54) is 0 Å². The molecule has 1 unspecified atom stereocenters. The highest BCUT2D eigenvalue weighted by Gasteiger charge is 2.19. The van der Waals surface area contributed by atoms with Crippen LogP contribution >= 0.6 is 0 Å². The first kappa shape index (κ1) is 15.2. The van der Waals surface area contributed by atoms with E-state index in [2.05, 4.69) is 18.6 Å². The van der Waals surface area contributed by atoms with Gasteiger partial charge in [-0.25, -0.2) is 13.1 Å². The Labute approximate surface area is 111 Å². The molecule has 0 aliphatic heterocycles. The smallest absolute Gasteiger partial charge is 0.208 e. The minimum atomic E-state index is -3.40. The molecule has 0 aromatic heterocycles. The third kappa shape index (κ3) is 3.82. The maximum Gasteiger partial charge on any atom is 0.240 e. The fraction of sp³-hybridized carbons (Fsp3) is 0.571. The van der Waals surface area contributed by atoms with Crippen molar-refractivity contribution in [3.05, 3.63) is 29.8 Å². The van der Waals surface area contributed by atoms with Crippen molar-refractivity contribution in [3.8, 4) is 0 Å². The largest absolute Gasteiger partial charge is 0.240 e. The molecule has 0 saturated carbocycles. The lowest BCUT2D eigenvalue weighted by Crippen LogP contribution is -2.36. The average molecular weight is 269 g/mol. The van der Waals surface area contributed by atoms with Crippen molar-refractivity contribution in [1.82, 2.24) is 4.72 Å². The second-order valence-corrected chi connectivity index (χ2v) is 7.09. The monoisotopic (exact) mass is 269 g/mol. The van der Waals surface area contributed by atoms with Crippen LogP contribution in [0.3, 0.4) is 0 Å². The number of benzene rings is 1. The van der Waals surface area contributed by atoms with Gasteiger partial charge < -0.3 is 0 Å². The fourth-order valence-corrected chi connectivity index (χ4v) is 2.87. The lowest BCUT2D eigenvalue weighted by Gasteiger charge is -2.17. The van der Waals surface area contributed by atoms with Gasteiger partial charge in [0.2, 0.25) is 10.0 Å². The van der Waals surface area contributed by atoms with Gasteiger partial charge in [-0.3, -0.25) is 0 Å².